The van der Waals surface area contributed by atoms with Crippen LogP contribution in [0.4, 0.5) is 4.39 Å². The normalized spacial score (nSPS) is 11.2. The first kappa shape index (κ1) is 21.3. The zero-order valence-electron chi connectivity index (χ0n) is 16.1. The van der Waals surface area contributed by atoms with E-state index in [9.17, 15) is 14.0 Å². The number of para-hydroxylation sites is 1. The van der Waals surface area contributed by atoms with Crippen LogP contribution in [0.2, 0.25) is 5.02 Å². The highest BCUT2D eigenvalue weighted by atomic mass is 35.5. The number of amides is 1. The number of benzene rings is 2. The van der Waals surface area contributed by atoms with Crippen LogP contribution in [0.5, 0.6) is 0 Å². The van der Waals surface area contributed by atoms with E-state index in [-0.39, 0.29) is 28.3 Å². The van der Waals surface area contributed by atoms with Gasteiger partial charge in [-0.05, 0) is 43.2 Å². The Morgan fingerprint density at radius 1 is 1.24 bits per heavy atom. The average Bonchev–Trinajstić information content (AvgIpc) is 2.72. The maximum absolute atomic E-state index is 13.6. The second kappa shape index (κ2) is 9.41. The maximum Gasteiger partial charge on any atom is 0.266 e. The van der Waals surface area contributed by atoms with Gasteiger partial charge in [0.15, 0.2) is 5.16 Å². The number of hydrogen-bond donors (Lipinski definition) is 1. The molecule has 2 aromatic carbocycles. The molecule has 1 aromatic heterocycles. The van der Waals surface area contributed by atoms with Crippen molar-refractivity contribution in [3.8, 4) is 5.69 Å². The molecule has 0 aliphatic rings. The number of aromatic nitrogens is 2. The Balaban J connectivity index is 2.02. The summed E-state index contributed by atoms with van der Waals surface area (Å²) in [7, 11) is 0. The number of nitrogens with zero attached hydrogens (tertiary/aromatic N) is 2. The highest BCUT2D eigenvalue weighted by Gasteiger charge is 2.16. The number of hydrogen-bond acceptors (Lipinski definition) is 4. The zero-order valence-corrected chi connectivity index (χ0v) is 17.7. The molecule has 8 heteroatoms. The quantitative estimate of drug-likeness (QED) is 0.437. The number of halogens is 2. The van der Waals surface area contributed by atoms with Gasteiger partial charge in [-0.15, -0.1) is 0 Å². The molecule has 0 fully saturated rings. The molecule has 0 spiro atoms. The van der Waals surface area contributed by atoms with E-state index >= 15 is 0 Å². The molecular weight excluding hydrogens is 413 g/mol. The number of fused-ring (bicyclic) bond motifs is 1. The van der Waals surface area contributed by atoms with Crippen LogP contribution in [0.3, 0.4) is 0 Å². The number of nitrogens with one attached hydrogen (secondary N) is 1. The van der Waals surface area contributed by atoms with E-state index in [2.05, 4.69) is 10.3 Å². The van der Waals surface area contributed by atoms with Crippen molar-refractivity contribution in [2.75, 3.05) is 5.75 Å². The number of thioether (sulfide) groups is 1. The van der Waals surface area contributed by atoms with Gasteiger partial charge < -0.3 is 5.32 Å². The fourth-order valence-corrected chi connectivity index (χ4v) is 3.95. The third kappa shape index (κ3) is 4.79. The average molecular weight is 434 g/mol. The van der Waals surface area contributed by atoms with Gasteiger partial charge >= 0.3 is 0 Å². The molecule has 29 heavy (non-hydrogen) atoms. The SMILES string of the molecule is CCC(CC)NC(=O)CSc1nc2ccccc2c(=O)n1-c1ccc(F)c(Cl)c1. The second-order valence-corrected chi connectivity index (χ2v) is 7.87. The van der Waals surface area contributed by atoms with Crippen molar-refractivity contribution in [3.63, 3.8) is 0 Å². The number of rotatable bonds is 7. The van der Waals surface area contributed by atoms with Gasteiger partial charge in [-0.3, -0.25) is 14.2 Å². The van der Waals surface area contributed by atoms with Crippen molar-refractivity contribution in [1.29, 1.82) is 0 Å². The molecule has 3 aromatic rings. The van der Waals surface area contributed by atoms with E-state index < -0.39 is 5.82 Å². The first-order valence-electron chi connectivity index (χ1n) is 9.34. The van der Waals surface area contributed by atoms with Crippen LogP contribution in [0.15, 0.2) is 52.4 Å². The van der Waals surface area contributed by atoms with Crippen LogP contribution < -0.4 is 10.9 Å². The highest BCUT2D eigenvalue weighted by Crippen LogP contribution is 2.24. The van der Waals surface area contributed by atoms with E-state index in [1.54, 1.807) is 24.3 Å². The number of carbonyl (C=O) groups excluding carboxylic acids is 1. The lowest BCUT2D eigenvalue weighted by molar-refractivity contribution is -0.119. The molecule has 1 N–H and O–H groups in total. The van der Waals surface area contributed by atoms with Gasteiger partial charge in [0.05, 0.1) is 27.4 Å². The molecule has 0 saturated carbocycles. The molecule has 1 heterocycles. The molecule has 3 rings (SSSR count). The van der Waals surface area contributed by atoms with Gasteiger partial charge in [0, 0.05) is 6.04 Å². The van der Waals surface area contributed by atoms with Crippen LogP contribution >= 0.6 is 23.4 Å². The molecule has 0 aliphatic heterocycles. The molecule has 0 radical (unpaired) electrons. The Kier molecular flexibility index (Phi) is 6.92. The predicted molar refractivity (Wildman–Crippen MR) is 116 cm³/mol. The van der Waals surface area contributed by atoms with Crippen LogP contribution in [-0.4, -0.2) is 27.3 Å². The molecule has 152 valence electrons. The third-order valence-electron chi connectivity index (χ3n) is 4.59. The van der Waals surface area contributed by atoms with Crippen molar-refractivity contribution >= 4 is 40.2 Å². The molecule has 0 unspecified atom stereocenters. The Morgan fingerprint density at radius 3 is 2.66 bits per heavy atom. The van der Waals surface area contributed by atoms with Gasteiger partial charge in [-0.1, -0.05) is 49.3 Å². The summed E-state index contributed by atoms with van der Waals surface area (Å²) in [5.74, 6) is -0.596. The summed E-state index contributed by atoms with van der Waals surface area (Å²) >= 11 is 7.08. The molecule has 0 saturated heterocycles. The summed E-state index contributed by atoms with van der Waals surface area (Å²) in [4.78, 5) is 30.0. The fraction of sp³-hybridized carbons (Fsp3) is 0.286. The molecule has 0 atom stereocenters. The fourth-order valence-electron chi connectivity index (χ4n) is 2.95. The number of carbonyl (C=O) groups is 1. The largest absolute Gasteiger partial charge is 0.353 e. The monoisotopic (exact) mass is 433 g/mol. The topological polar surface area (TPSA) is 64.0 Å². The van der Waals surface area contributed by atoms with E-state index in [1.165, 1.54) is 22.8 Å². The summed E-state index contributed by atoms with van der Waals surface area (Å²) in [5, 5.41) is 3.65. The Labute approximate surface area is 177 Å². The van der Waals surface area contributed by atoms with Crippen LogP contribution in [0.1, 0.15) is 26.7 Å². The van der Waals surface area contributed by atoms with Gasteiger partial charge in [0.25, 0.3) is 5.56 Å². The minimum atomic E-state index is -0.573. The molecule has 5 nitrogen and oxygen atoms in total. The van der Waals surface area contributed by atoms with Gasteiger partial charge in [0.1, 0.15) is 5.82 Å². The third-order valence-corrected chi connectivity index (χ3v) is 5.82. The van der Waals surface area contributed by atoms with Crippen LogP contribution in [0.25, 0.3) is 16.6 Å². The van der Waals surface area contributed by atoms with E-state index in [0.29, 0.717) is 21.7 Å². The van der Waals surface area contributed by atoms with Crippen molar-refractivity contribution in [2.45, 2.75) is 37.9 Å². The van der Waals surface area contributed by atoms with Crippen molar-refractivity contribution < 1.29 is 9.18 Å². The molecular formula is C21H21ClFN3O2S. The molecule has 0 bridgehead atoms. The van der Waals surface area contributed by atoms with E-state index in [1.807, 2.05) is 13.8 Å². The first-order valence-corrected chi connectivity index (χ1v) is 10.7. The van der Waals surface area contributed by atoms with Crippen molar-refractivity contribution in [2.24, 2.45) is 0 Å². The summed E-state index contributed by atoms with van der Waals surface area (Å²) in [6.07, 6.45) is 1.69. The Morgan fingerprint density at radius 2 is 1.97 bits per heavy atom. The van der Waals surface area contributed by atoms with Crippen LogP contribution in [-0.2, 0) is 4.79 Å². The maximum atomic E-state index is 13.6. The van der Waals surface area contributed by atoms with Gasteiger partial charge in [-0.25, -0.2) is 9.37 Å². The lowest BCUT2D eigenvalue weighted by Crippen LogP contribution is -2.35. The lowest BCUT2D eigenvalue weighted by Gasteiger charge is -2.16. The minimum absolute atomic E-state index is 0.0926. The molecule has 1 amide bonds. The lowest BCUT2D eigenvalue weighted by atomic mass is 10.2. The summed E-state index contributed by atoms with van der Waals surface area (Å²) in [6.45, 7) is 4.03. The Hall–Kier alpha value is -2.38. The standard InChI is InChI=1S/C21H21ClFN3O2S/c1-3-13(4-2)24-19(27)12-29-21-25-18-8-6-5-7-15(18)20(28)26(21)14-9-10-17(23)16(22)11-14/h5-11,13H,3-4,12H2,1-2H3,(H,24,27). The minimum Gasteiger partial charge on any atom is -0.353 e. The van der Waals surface area contributed by atoms with Crippen molar-refractivity contribution in [1.82, 2.24) is 14.9 Å². The second-order valence-electron chi connectivity index (χ2n) is 6.52. The van der Waals surface area contributed by atoms with Crippen LogP contribution in [0, 0.1) is 5.82 Å². The predicted octanol–water partition coefficient (Wildman–Crippen LogP) is 4.58. The van der Waals surface area contributed by atoms with Crippen molar-refractivity contribution in [3.05, 3.63) is 63.7 Å². The van der Waals surface area contributed by atoms with Gasteiger partial charge in [0.2, 0.25) is 5.91 Å². The zero-order chi connectivity index (χ0) is 21.0. The van der Waals surface area contributed by atoms with E-state index in [0.717, 1.165) is 24.6 Å². The van der Waals surface area contributed by atoms with Gasteiger partial charge in [-0.2, -0.15) is 0 Å². The summed E-state index contributed by atoms with van der Waals surface area (Å²) < 4.78 is 15.0. The van der Waals surface area contributed by atoms with E-state index in [4.69, 9.17) is 11.6 Å². The Bertz CT molecular complexity index is 1100. The first-order chi connectivity index (χ1) is 13.9. The summed E-state index contributed by atoms with van der Waals surface area (Å²) in [6, 6.07) is 11.1. The smallest absolute Gasteiger partial charge is 0.266 e. The molecule has 0 aliphatic carbocycles. The highest BCUT2D eigenvalue weighted by molar-refractivity contribution is 7.99. The summed E-state index contributed by atoms with van der Waals surface area (Å²) in [5.41, 5.74) is 0.619.